The van der Waals surface area contributed by atoms with Crippen LogP contribution < -0.4 is 4.74 Å². The SMILES string of the molecule is C=C(C)C(=O)OCCc1cc(-c2ccc(C3C=CC(C4CCC(CCCCC)CC4)=CC3)cc2)ccc1OCCC(CO)(CO)CCCC. The maximum Gasteiger partial charge on any atom is 0.333 e. The molecular weight excluding hydrogens is 608 g/mol. The van der Waals surface area contributed by atoms with Crippen LogP contribution in [0, 0.1) is 17.3 Å². The summed E-state index contributed by atoms with van der Waals surface area (Å²) in [4.78, 5) is 12.0. The molecule has 268 valence electrons. The first-order valence-electron chi connectivity index (χ1n) is 19.1. The molecule has 1 fully saturated rings. The van der Waals surface area contributed by atoms with Gasteiger partial charge in [-0.05, 0) is 104 Å². The van der Waals surface area contributed by atoms with E-state index in [1.54, 1.807) is 12.5 Å². The lowest BCUT2D eigenvalue weighted by Gasteiger charge is -2.31. The molecule has 5 heteroatoms. The zero-order chi connectivity index (χ0) is 35.1. The summed E-state index contributed by atoms with van der Waals surface area (Å²) in [6.45, 7) is 10.2. The number of unbranched alkanes of at least 4 members (excludes halogenated alkanes) is 3. The molecule has 49 heavy (non-hydrogen) atoms. The maximum atomic E-state index is 12.0. The van der Waals surface area contributed by atoms with Crippen LogP contribution in [0.4, 0.5) is 0 Å². The highest BCUT2D eigenvalue weighted by Crippen LogP contribution is 2.39. The van der Waals surface area contributed by atoms with Gasteiger partial charge in [0.1, 0.15) is 5.75 Å². The molecule has 4 rings (SSSR count). The van der Waals surface area contributed by atoms with Crippen molar-refractivity contribution in [3.63, 3.8) is 0 Å². The molecule has 2 aromatic carbocycles. The number of hydrogen-bond donors (Lipinski definition) is 2. The molecule has 0 spiro atoms. The van der Waals surface area contributed by atoms with Gasteiger partial charge in [0.2, 0.25) is 0 Å². The topological polar surface area (TPSA) is 76.0 Å². The van der Waals surface area contributed by atoms with E-state index in [1.807, 2.05) is 6.07 Å². The van der Waals surface area contributed by atoms with Crippen molar-refractivity contribution in [3.05, 3.63) is 89.5 Å². The number of aliphatic hydroxyl groups is 2. The van der Waals surface area contributed by atoms with Crippen molar-refractivity contribution in [2.75, 3.05) is 26.4 Å². The molecule has 0 aliphatic heterocycles. The van der Waals surface area contributed by atoms with Gasteiger partial charge in [-0.15, -0.1) is 0 Å². The van der Waals surface area contributed by atoms with E-state index >= 15 is 0 Å². The largest absolute Gasteiger partial charge is 0.493 e. The summed E-state index contributed by atoms with van der Waals surface area (Å²) in [5, 5.41) is 20.1. The van der Waals surface area contributed by atoms with Crippen molar-refractivity contribution in [3.8, 4) is 16.9 Å². The Hall–Kier alpha value is -3.15. The Kier molecular flexibility index (Phi) is 15.7. The predicted molar refractivity (Wildman–Crippen MR) is 202 cm³/mol. The van der Waals surface area contributed by atoms with Gasteiger partial charge in [0.05, 0.1) is 26.4 Å². The third-order valence-electron chi connectivity index (χ3n) is 11.0. The molecule has 2 N–H and O–H groups in total. The number of rotatable bonds is 20. The summed E-state index contributed by atoms with van der Waals surface area (Å²) in [5.41, 5.74) is 5.88. The second-order valence-corrected chi connectivity index (χ2v) is 14.7. The molecule has 2 aliphatic rings. The van der Waals surface area contributed by atoms with Crippen LogP contribution in [0.15, 0.2) is 78.4 Å². The van der Waals surface area contributed by atoms with E-state index < -0.39 is 11.4 Å². The summed E-state index contributed by atoms with van der Waals surface area (Å²) >= 11 is 0. The Bertz CT molecular complexity index is 1370. The van der Waals surface area contributed by atoms with Gasteiger partial charge in [-0.25, -0.2) is 4.79 Å². The first kappa shape index (κ1) is 38.6. The molecule has 1 unspecified atom stereocenters. The van der Waals surface area contributed by atoms with Gasteiger partial charge < -0.3 is 19.7 Å². The lowest BCUT2D eigenvalue weighted by Crippen LogP contribution is -2.32. The van der Waals surface area contributed by atoms with E-state index in [0.29, 0.717) is 30.9 Å². The molecule has 0 aromatic heterocycles. The van der Waals surface area contributed by atoms with Crippen molar-refractivity contribution >= 4 is 5.97 Å². The minimum atomic E-state index is -0.549. The van der Waals surface area contributed by atoms with Crippen LogP contribution in [-0.4, -0.2) is 42.6 Å². The normalized spacial score (nSPS) is 19.4. The van der Waals surface area contributed by atoms with Crippen molar-refractivity contribution < 1.29 is 24.5 Å². The van der Waals surface area contributed by atoms with Gasteiger partial charge in [0, 0.05) is 23.3 Å². The fraction of sp³-hybridized carbons (Fsp3) is 0.568. The number of carbonyl (C=O) groups excluding carboxylic acids is 1. The molecule has 1 saturated carbocycles. The monoisotopic (exact) mass is 670 g/mol. The highest BCUT2D eigenvalue weighted by Gasteiger charge is 2.28. The van der Waals surface area contributed by atoms with Gasteiger partial charge in [-0.2, -0.15) is 0 Å². The first-order valence-corrected chi connectivity index (χ1v) is 19.1. The van der Waals surface area contributed by atoms with Gasteiger partial charge in [-0.3, -0.25) is 0 Å². The zero-order valence-corrected chi connectivity index (χ0v) is 30.6. The summed E-state index contributed by atoms with van der Waals surface area (Å²) in [5.74, 6) is 2.41. The van der Waals surface area contributed by atoms with Crippen LogP contribution in [0.2, 0.25) is 0 Å². The van der Waals surface area contributed by atoms with Gasteiger partial charge in [-0.1, -0.05) is 108 Å². The van der Waals surface area contributed by atoms with E-state index in [9.17, 15) is 15.0 Å². The molecule has 0 amide bonds. The van der Waals surface area contributed by atoms with E-state index in [1.165, 1.54) is 56.9 Å². The van der Waals surface area contributed by atoms with Crippen molar-refractivity contribution in [1.29, 1.82) is 0 Å². The molecule has 1 atom stereocenters. The minimum Gasteiger partial charge on any atom is -0.493 e. The number of carbonyl (C=O) groups is 1. The Morgan fingerprint density at radius 3 is 2.24 bits per heavy atom. The highest BCUT2D eigenvalue weighted by molar-refractivity contribution is 5.86. The molecule has 2 aromatic rings. The van der Waals surface area contributed by atoms with Crippen LogP contribution in [-0.2, 0) is 16.0 Å². The average Bonchev–Trinajstić information content (AvgIpc) is 3.14. The summed E-state index contributed by atoms with van der Waals surface area (Å²) in [6.07, 6.45) is 23.2. The quantitative estimate of drug-likeness (QED) is 0.0833. The molecule has 5 nitrogen and oxygen atoms in total. The van der Waals surface area contributed by atoms with Crippen LogP contribution in [0.3, 0.4) is 0 Å². The van der Waals surface area contributed by atoms with Crippen LogP contribution in [0.25, 0.3) is 11.1 Å². The smallest absolute Gasteiger partial charge is 0.333 e. The molecule has 2 aliphatic carbocycles. The Balaban J connectivity index is 1.39. The predicted octanol–water partition coefficient (Wildman–Crippen LogP) is 10.3. The molecular formula is C44H62O5. The Labute approximate surface area is 296 Å². The van der Waals surface area contributed by atoms with E-state index in [0.717, 1.165) is 60.0 Å². The van der Waals surface area contributed by atoms with Gasteiger partial charge >= 0.3 is 5.97 Å². The lowest BCUT2D eigenvalue weighted by atomic mass is 9.75. The Morgan fingerprint density at radius 2 is 1.61 bits per heavy atom. The minimum absolute atomic E-state index is 0.0697. The molecule has 0 saturated heterocycles. The summed E-state index contributed by atoms with van der Waals surface area (Å²) in [7, 11) is 0. The average molecular weight is 671 g/mol. The summed E-state index contributed by atoms with van der Waals surface area (Å²) in [6, 6.07) is 15.1. The second-order valence-electron chi connectivity index (χ2n) is 14.7. The number of hydrogen-bond acceptors (Lipinski definition) is 5. The van der Waals surface area contributed by atoms with E-state index in [4.69, 9.17) is 9.47 Å². The summed E-state index contributed by atoms with van der Waals surface area (Å²) < 4.78 is 11.7. The number of esters is 1. The van der Waals surface area contributed by atoms with E-state index in [-0.39, 0.29) is 19.8 Å². The fourth-order valence-corrected chi connectivity index (χ4v) is 7.47. The van der Waals surface area contributed by atoms with Crippen molar-refractivity contribution in [2.24, 2.45) is 17.3 Å². The second kappa shape index (κ2) is 19.9. The Morgan fingerprint density at radius 1 is 0.898 bits per heavy atom. The standard InChI is InChI=1S/C44H62O5/c1-5-7-9-10-34-11-13-35(14-12-34)36-15-17-37(18-16-36)38-19-21-39(22-20-38)40-23-24-42(41(30-40)25-28-49-43(47)33(3)4)48-29-27-44(31-45,32-46)26-8-6-2/h15-17,19-24,30,34-35,37,45-46H,3,5-14,18,25-29,31-32H2,1-2,4H3. The number of allylic oxidation sites excluding steroid dienone is 4. The number of ether oxygens (including phenoxy) is 2. The lowest BCUT2D eigenvalue weighted by molar-refractivity contribution is -0.138. The molecule has 0 radical (unpaired) electrons. The van der Waals surface area contributed by atoms with Crippen LogP contribution in [0.5, 0.6) is 5.75 Å². The fourth-order valence-electron chi connectivity index (χ4n) is 7.47. The van der Waals surface area contributed by atoms with Gasteiger partial charge in [0.25, 0.3) is 0 Å². The highest BCUT2D eigenvalue weighted by atomic mass is 16.5. The van der Waals surface area contributed by atoms with Crippen LogP contribution >= 0.6 is 0 Å². The van der Waals surface area contributed by atoms with Crippen molar-refractivity contribution in [2.45, 2.75) is 117 Å². The molecule has 0 bridgehead atoms. The third kappa shape index (κ3) is 11.4. The zero-order valence-electron chi connectivity index (χ0n) is 30.6. The number of benzene rings is 2. The molecule has 0 heterocycles. The maximum absolute atomic E-state index is 12.0. The van der Waals surface area contributed by atoms with Crippen molar-refractivity contribution in [1.82, 2.24) is 0 Å². The van der Waals surface area contributed by atoms with Crippen LogP contribution in [0.1, 0.15) is 121 Å². The van der Waals surface area contributed by atoms with Gasteiger partial charge in [0.15, 0.2) is 0 Å². The first-order chi connectivity index (χ1) is 23.8. The third-order valence-corrected chi connectivity index (χ3v) is 11.0. The van der Waals surface area contributed by atoms with E-state index in [2.05, 4.69) is 75.1 Å². The number of aliphatic hydroxyl groups excluding tert-OH is 2.